The molecule has 3 aromatic rings. The molecule has 0 aliphatic rings. The standard InChI is InChI=1S/C21H16N4O3/c1-28-21(27)14-6-4-7-16(11-14)24-17-9-10-23-19(12-17)20(26)25-18-8-3-2-5-15(18)13-22/h2-12H,1H3,(H,23,24)(H,25,26). The first-order chi connectivity index (χ1) is 13.6. The van der Waals surface area contributed by atoms with E-state index in [-0.39, 0.29) is 5.69 Å². The van der Waals surface area contributed by atoms with Crippen LogP contribution in [0.2, 0.25) is 0 Å². The fourth-order valence-electron chi connectivity index (χ4n) is 2.52. The van der Waals surface area contributed by atoms with E-state index < -0.39 is 11.9 Å². The molecule has 0 fully saturated rings. The Labute approximate surface area is 161 Å². The number of nitrogens with one attached hydrogen (secondary N) is 2. The first-order valence-corrected chi connectivity index (χ1v) is 8.32. The Kier molecular flexibility index (Phi) is 5.63. The number of amides is 1. The minimum Gasteiger partial charge on any atom is -0.465 e. The Morgan fingerprint density at radius 1 is 1.04 bits per heavy atom. The first-order valence-electron chi connectivity index (χ1n) is 8.32. The summed E-state index contributed by atoms with van der Waals surface area (Å²) in [7, 11) is 1.32. The lowest BCUT2D eigenvalue weighted by Gasteiger charge is -2.10. The Balaban J connectivity index is 1.78. The summed E-state index contributed by atoms with van der Waals surface area (Å²) in [6.45, 7) is 0. The van der Waals surface area contributed by atoms with Crippen molar-refractivity contribution in [3.05, 3.63) is 83.7 Å². The number of nitriles is 1. The molecule has 0 radical (unpaired) electrons. The van der Waals surface area contributed by atoms with Gasteiger partial charge in [0.25, 0.3) is 5.91 Å². The van der Waals surface area contributed by atoms with Crippen molar-refractivity contribution >= 4 is 28.9 Å². The van der Waals surface area contributed by atoms with Gasteiger partial charge < -0.3 is 15.4 Å². The van der Waals surface area contributed by atoms with Crippen LogP contribution in [0.25, 0.3) is 0 Å². The molecular weight excluding hydrogens is 356 g/mol. The Morgan fingerprint density at radius 2 is 1.82 bits per heavy atom. The molecule has 0 saturated carbocycles. The van der Waals surface area contributed by atoms with Crippen molar-refractivity contribution in [2.75, 3.05) is 17.7 Å². The minimum absolute atomic E-state index is 0.182. The highest BCUT2D eigenvalue weighted by Crippen LogP contribution is 2.20. The van der Waals surface area contributed by atoms with E-state index in [0.717, 1.165) is 0 Å². The normalized spacial score (nSPS) is 9.86. The third-order valence-corrected chi connectivity index (χ3v) is 3.86. The van der Waals surface area contributed by atoms with Gasteiger partial charge in [-0.3, -0.25) is 9.78 Å². The summed E-state index contributed by atoms with van der Waals surface area (Å²) in [5, 5.41) is 14.9. The van der Waals surface area contributed by atoms with Crippen LogP contribution in [0, 0.1) is 11.3 Å². The molecule has 138 valence electrons. The van der Waals surface area contributed by atoms with Crippen LogP contribution in [0.4, 0.5) is 17.1 Å². The van der Waals surface area contributed by atoms with E-state index >= 15 is 0 Å². The Hall–Kier alpha value is -4.18. The smallest absolute Gasteiger partial charge is 0.337 e. The maximum absolute atomic E-state index is 12.5. The van der Waals surface area contributed by atoms with Gasteiger partial charge in [-0.1, -0.05) is 18.2 Å². The second-order valence-electron chi connectivity index (χ2n) is 5.74. The summed E-state index contributed by atoms with van der Waals surface area (Å²) in [6.07, 6.45) is 1.50. The van der Waals surface area contributed by atoms with Crippen LogP contribution in [0.1, 0.15) is 26.4 Å². The zero-order valence-corrected chi connectivity index (χ0v) is 15.0. The van der Waals surface area contributed by atoms with Crippen molar-refractivity contribution in [3.63, 3.8) is 0 Å². The quantitative estimate of drug-likeness (QED) is 0.661. The maximum atomic E-state index is 12.5. The molecule has 0 aliphatic carbocycles. The molecule has 0 saturated heterocycles. The molecule has 0 spiro atoms. The Morgan fingerprint density at radius 3 is 2.61 bits per heavy atom. The third-order valence-electron chi connectivity index (χ3n) is 3.86. The number of hydrogen-bond donors (Lipinski definition) is 2. The summed E-state index contributed by atoms with van der Waals surface area (Å²) in [4.78, 5) is 28.2. The molecule has 0 atom stereocenters. The van der Waals surface area contributed by atoms with Gasteiger partial charge in [0, 0.05) is 17.6 Å². The van der Waals surface area contributed by atoms with Crippen molar-refractivity contribution in [1.82, 2.24) is 4.98 Å². The number of para-hydroxylation sites is 1. The van der Waals surface area contributed by atoms with E-state index in [1.54, 1.807) is 60.7 Å². The lowest BCUT2D eigenvalue weighted by Crippen LogP contribution is -2.14. The van der Waals surface area contributed by atoms with Crippen LogP contribution in [-0.2, 0) is 4.74 Å². The topological polar surface area (TPSA) is 104 Å². The van der Waals surface area contributed by atoms with Crippen molar-refractivity contribution < 1.29 is 14.3 Å². The minimum atomic E-state index is -0.436. The number of hydrogen-bond acceptors (Lipinski definition) is 6. The molecule has 0 aliphatic heterocycles. The van der Waals surface area contributed by atoms with E-state index in [9.17, 15) is 9.59 Å². The molecule has 2 aromatic carbocycles. The summed E-state index contributed by atoms with van der Waals surface area (Å²) >= 11 is 0. The van der Waals surface area contributed by atoms with Crippen molar-refractivity contribution in [2.24, 2.45) is 0 Å². The van der Waals surface area contributed by atoms with Crippen LogP contribution in [-0.4, -0.2) is 24.0 Å². The molecule has 0 unspecified atom stereocenters. The highest BCUT2D eigenvalue weighted by Gasteiger charge is 2.11. The second kappa shape index (κ2) is 8.47. The highest BCUT2D eigenvalue weighted by atomic mass is 16.5. The molecular formula is C21H16N4O3. The van der Waals surface area contributed by atoms with Gasteiger partial charge in [-0.15, -0.1) is 0 Å². The fourth-order valence-corrected chi connectivity index (χ4v) is 2.52. The van der Waals surface area contributed by atoms with Gasteiger partial charge in [-0.05, 0) is 42.5 Å². The number of esters is 1. The molecule has 7 heteroatoms. The molecule has 1 heterocycles. The van der Waals surface area contributed by atoms with Gasteiger partial charge in [-0.2, -0.15) is 5.26 Å². The van der Waals surface area contributed by atoms with Gasteiger partial charge in [-0.25, -0.2) is 4.79 Å². The van der Waals surface area contributed by atoms with Crippen molar-refractivity contribution in [2.45, 2.75) is 0 Å². The van der Waals surface area contributed by atoms with E-state index in [1.807, 2.05) is 6.07 Å². The molecule has 0 bridgehead atoms. The van der Waals surface area contributed by atoms with Crippen LogP contribution < -0.4 is 10.6 Å². The summed E-state index contributed by atoms with van der Waals surface area (Å²) in [6, 6.07) is 18.8. The van der Waals surface area contributed by atoms with E-state index in [0.29, 0.717) is 28.2 Å². The van der Waals surface area contributed by atoms with Crippen LogP contribution in [0.3, 0.4) is 0 Å². The molecule has 28 heavy (non-hydrogen) atoms. The molecule has 1 amide bonds. The van der Waals surface area contributed by atoms with Crippen molar-refractivity contribution in [3.8, 4) is 6.07 Å². The number of carbonyl (C=O) groups excluding carboxylic acids is 2. The molecule has 1 aromatic heterocycles. The number of aromatic nitrogens is 1. The van der Waals surface area contributed by atoms with E-state index in [1.165, 1.54) is 13.3 Å². The van der Waals surface area contributed by atoms with Crippen molar-refractivity contribution in [1.29, 1.82) is 5.26 Å². The van der Waals surface area contributed by atoms with Crippen LogP contribution >= 0.6 is 0 Å². The average Bonchev–Trinajstić information content (AvgIpc) is 2.74. The fraction of sp³-hybridized carbons (Fsp3) is 0.0476. The average molecular weight is 372 g/mol. The number of ether oxygens (including phenoxy) is 1. The number of nitrogens with zero attached hydrogens (tertiary/aromatic N) is 2. The molecule has 3 rings (SSSR count). The highest BCUT2D eigenvalue weighted by molar-refractivity contribution is 6.04. The summed E-state index contributed by atoms with van der Waals surface area (Å²) in [5.41, 5.74) is 2.66. The number of anilines is 3. The number of methoxy groups -OCH3 is 1. The largest absolute Gasteiger partial charge is 0.465 e. The van der Waals surface area contributed by atoms with Gasteiger partial charge >= 0.3 is 5.97 Å². The van der Waals surface area contributed by atoms with Gasteiger partial charge in [0.1, 0.15) is 11.8 Å². The first kappa shape index (κ1) is 18.6. The number of benzene rings is 2. The zero-order valence-electron chi connectivity index (χ0n) is 15.0. The number of rotatable bonds is 5. The molecule has 7 nitrogen and oxygen atoms in total. The second-order valence-corrected chi connectivity index (χ2v) is 5.74. The Bertz CT molecular complexity index is 1070. The zero-order chi connectivity index (χ0) is 19.9. The van der Waals surface area contributed by atoms with Crippen LogP contribution in [0.5, 0.6) is 0 Å². The van der Waals surface area contributed by atoms with Crippen LogP contribution in [0.15, 0.2) is 66.9 Å². The SMILES string of the molecule is COC(=O)c1cccc(Nc2ccnc(C(=O)Nc3ccccc3C#N)c2)c1. The van der Waals surface area contributed by atoms with Gasteiger partial charge in [0.2, 0.25) is 0 Å². The predicted octanol–water partition coefficient (Wildman–Crippen LogP) is 3.74. The predicted molar refractivity (Wildman–Crippen MR) is 104 cm³/mol. The third kappa shape index (κ3) is 4.31. The lowest BCUT2D eigenvalue weighted by molar-refractivity contribution is 0.0600. The summed E-state index contributed by atoms with van der Waals surface area (Å²) < 4.78 is 4.71. The number of carbonyl (C=O) groups is 2. The lowest BCUT2D eigenvalue weighted by atomic mass is 10.2. The van der Waals surface area contributed by atoms with Gasteiger partial charge in [0.15, 0.2) is 0 Å². The number of pyridine rings is 1. The van der Waals surface area contributed by atoms with E-state index in [2.05, 4.69) is 15.6 Å². The molecule has 2 N–H and O–H groups in total. The maximum Gasteiger partial charge on any atom is 0.337 e. The summed E-state index contributed by atoms with van der Waals surface area (Å²) in [5.74, 6) is -0.871. The monoisotopic (exact) mass is 372 g/mol. The van der Waals surface area contributed by atoms with E-state index in [4.69, 9.17) is 10.00 Å². The van der Waals surface area contributed by atoms with Gasteiger partial charge in [0.05, 0.1) is 23.9 Å².